The highest BCUT2D eigenvalue weighted by Gasteiger charge is 2.34. The largest absolute Gasteiger partial charge is 0.326 e. The molecule has 3 unspecified atom stereocenters. The zero-order chi connectivity index (χ0) is 14.7. The van der Waals surface area contributed by atoms with E-state index in [1.807, 2.05) is 0 Å². The van der Waals surface area contributed by atoms with Crippen LogP contribution in [0.15, 0.2) is 60.7 Å². The minimum Gasteiger partial charge on any atom is -0.326 e. The lowest BCUT2D eigenvalue weighted by molar-refractivity contribution is 0.161. The van der Waals surface area contributed by atoms with Gasteiger partial charge in [-0.05, 0) is 37.4 Å². The molecule has 3 atom stereocenters. The highest BCUT2D eigenvalue weighted by molar-refractivity contribution is 5.25. The number of hydrogen-bond donors (Lipinski definition) is 1. The van der Waals surface area contributed by atoms with Crippen molar-refractivity contribution in [1.82, 2.24) is 4.90 Å². The molecule has 0 radical (unpaired) electrons. The number of benzene rings is 2. The topological polar surface area (TPSA) is 29.3 Å². The molecule has 0 aliphatic carbocycles. The molecular weight excluding hydrogens is 256 g/mol. The van der Waals surface area contributed by atoms with Gasteiger partial charge < -0.3 is 5.73 Å². The monoisotopic (exact) mass is 280 g/mol. The molecule has 3 rings (SSSR count). The van der Waals surface area contributed by atoms with Crippen LogP contribution >= 0.6 is 0 Å². The summed E-state index contributed by atoms with van der Waals surface area (Å²) >= 11 is 0. The van der Waals surface area contributed by atoms with E-state index < -0.39 is 0 Å². The molecule has 2 aromatic carbocycles. The quantitative estimate of drug-likeness (QED) is 0.920. The Balaban J connectivity index is 1.92. The summed E-state index contributed by atoms with van der Waals surface area (Å²) in [6, 6.07) is 22.4. The van der Waals surface area contributed by atoms with Crippen molar-refractivity contribution in [3.05, 3.63) is 71.8 Å². The molecule has 0 aromatic heterocycles. The molecule has 2 heteroatoms. The van der Waals surface area contributed by atoms with Crippen molar-refractivity contribution in [2.45, 2.75) is 37.9 Å². The molecular formula is C19H24N2. The van der Waals surface area contributed by atoms with Gasteiger partial charge in [-0.1, -0.05) is 60.7 Å². The highest BCUT2D eigenvalue weighted by Crippen LogP contribution is 2.39. The first-order valence-electron chi connectivity index (χ1n) is 7.88. The molecule has 0 amide bonds. The number of nitrogens with zero attached hydrogens (tertiary/aromatic N) is 1. The number of nitrogens with two attached hydrogens (primary N) is 1. The maximum Gasteiger partial charge on any atom is 0.0502 e. The molecule has 1 heterocycles. The second kappa shape index (κ2) is 6.42. The van der Waals surface area contributed by atoms with Crippen molar-refractivity contribution in [2.24, 2.45) is 5.73 Å². The standard InChI is InChI=1S/C19H24N2/c1-15(20)19(17-11-6-3-7-12-17)21-14-8-13-18(21)16-9-4-2-5-10-16/h2-7,9-12,15,18-19H,8,13-14,20H2,1H3. The molecule has 0 saturated carbocycles. The Labute approximate surface area is 127 Å². The molecule has 2 aromatic rings. The fraction of sp³-hybridized carbons (Fsp3) is 0.368. The van der Waals surface area contributed by atoms with E-state index in [-0.39, 0.29) is 6.04 Å². The van der Waals surface area contributed by atoms with E-state index in [0.717, 1.165) is 6.54 Å². The lowest BCUT2D eigenvalue weighted by Gasteiger charge is -2.36. The summed E-state index contributed by atoms with van der Waals surface area (Å²) in [6.45, 7) is 3.25. The summed E-state index contributed by atoms with van der Waals surface area (Å²) in [5.41, 5.74) is 9.09. The Morgan fingerprint density at radius 3 is 2.24 bits per heavy atom. The SMILES string of the molecule is CC(N)C(c1ccccc1)N1CCCC1c1ccccc1. The summed E-state index contributed by atoms with van der Waals surface area (Å²) in [7, 11) is 0. The van der Waals surface area contributed by atoms with Crippen molar-refractivity contribution in [1.29, 1.82) is 0 Å². The van der Waals surface area contributed by atoms with Crippen LogP contribution in [0.3, 0.4) is 0 Å². The predicted octanol–water partition coefficient (Wildman–Crippen LogP) is 3.91. The Hall–Kier alpha value is -1.64. The van der Waals surface area contributed by atoms with E-state index in [9.17, 15) is 0 Å². The van der Waals surface area contributed by atoms with Gasteiger partial charge in [0, 0.05) is 12.1 Å². The lowest BCUT2D eigenvalue weighted by atomic mass is 9.96. The van der Waals surface area contributed by atoms with Crippen molar-refractivity contribution < 1.29 is 0 Å². The maximum atomic E-state index is 6.35. The first kappa shape index (κ1) is 14.3. The van der Waals surface area contributed by atoms with E-state index in [1.165, 1.54) is 24.0 Å². The fourth-order valence-corrected chi connectivity index (χ4v) is 3.60. The molecule has 2 N–H and O–H groups in total. The summed E-state index contributed by atoms with van der Waals surface area (Å²) in [4.78, 5) is 2.59. The molecule has 1 aliphatic heterocycles. The van der Waals surface area contributed by atoms with E-state index in [1.54, 1.807) is 0 Å². The first-order chi connectivity index (χ1) is 10.3. The molecule has 2 nitrogen and oxygen atoms in total. The summed E-state index contributed by atoms with van der Waals surface area (Å²) in [5, 5.41) is 0. The van der Waals surface area contributed by atoms with Crippen LogP contribution in [0.25, 0.3) is 0 Å². The zero-order valence-corrected chi connectivity index (χ0v) is 12.7. The van der Waals surface area contributed by atoms with Crippen LogP contribution in [0, 0.1) is 0 Å². The summed E-state index contributed by atoms with van der Waals surface area (Å²) < 4.78 is 0. The zero-order valence-electron chi connectivity index (χ0n) is 12.7. The van der Waals surface area contributed by atoms with E-state index in [2.05, 4.69) is 72.5 Å². The van der Waals surface area contributed by atoms with E-state index >= 15 is 0 Å². The van der Waals surface area contributed by atoms with E-state index in [0.29, 0.717) is 12.1 Å². The third-order valence-corrected chi connectivity index (χ3v) is 4.47. The van der Waals surface area contributed by atoms with E-state index in [4.69, 9.17) is 5.73 Å². The normalized spacial score (nSPS) is 22.1. The van der Waals surface area contributed by atoms with Gasteiger partial charge in [-0.25, -0.2) is 0 Å². The van der Waals surface area contributed by atoms with Crippen LogP contribution in [0.2, 0.25) is 0 Å². The Bertz CT molecular complexity index is 550. The Morgan fingerprint density at radius 2 is 1.62 bits per heavy atom. The third kappa shape index (κ3) is 3.02. The maximum absolute atomic E-state index is 6.35. The van der Waals surface area contributed by atoms with Gasteiger partial charge in [-0.2, -0.15) is 0 Å². The fourth-order valence-electron chi connectivity index (χ4n) is 3.60. The van der Waals surface area contributed by atoms with Gasteiger partial charge in [0.25, 0.3) is 0 Å². The van der Waals surface area contributed by atoms with Gasteiger partial charge in [0.15, 0.2) is 0 Å². The average molecular weight is 280 g/mol. The number of likely N-dealkylation sites (tertiary alicyclic amines) is 1. The smallest absolute Gasteiger partial charge is 0.0502 e. The predicted molar refractivity (Wildman–Crippen MR) is 88.0 cm³/mol. The Kier molecular flexibility index (Phi) is 4.37. The average Bonchev–Trinajstić information content (AvgIpc) is 2.98. The summed E-state index contributed by atoms with van der Waals surface area (Å²) in [6.07, 6.45) is 2.47. The second-order valence-electron chi connectivity index (χ2n) is 6.02. The second-order valence-corrected chi connectivity index (χ2v) is 6.02. The first-order valence-corrected chi connectivity index (χ1v) is 7.88. The minimum absolute atomic E-state index is 0.122. The molecule has 1 fully saturated rings. The molecule has 0 bridgehead atoms. The van der Waals surface area contributed by atoms with Crippen LogP contribution in [-0.4, -0.2) is 17.5 Å². The Morgan fingerprint density at radius 1 is 1.00 bits per heavy atom. The van der Waals surface area contributed by atoms with Crippen molar-refractivity contribution in [2.75, 3.05) is 6.54 Å². The van der Waals surface area contributed by atoms with Gasteiger partial charge in [0.1, 0.15) is 0 Å². The van der Waals surface area contributed by atoms with Crippen molar-refractivity contribution in [3.63, 3.8) is 0 Å². The van der Waals surface area contributed by atoms with Crippen LogP contribution in [-0.2, 0) is 0 Å². The van der Waals surface area contributed by atoms with Crippen LogP contribution < -0.4 is 5.73 Å². The molecule has 1 aliphatic rings. The van der Waals surface area contributed by atoms with Gasteiger partial charge in [0.2, 0.25) is 0 Å². The third-order valence-electron chi connectivity index (χ3n) is 4.47. The summed E-state index contributed by atoms with van der Waals surface area (Å²) in [5.74, 6) is 0. The van der Waals surface area contributed by atoms with Crippen LogP contribution in [0.5, 0.6) is 0 Å². The number of rotatable bonds is 4. The van der Waals surface area contributed by atoms with Gasteiger partial charge in [-0.15, -0.1) is 0 Å². The van der Waals surface area contributed by atoms with Crippen molar-refractivity contribution in [3.8, 4) is 0 Å². The number of hydrogen-bond acceptors (Lipinski definition) is 2. The lowest BCUT2D eigenvalue weighted by Crippen LogP contribution is -2.39. The molecule has 110 valence electrons. The molecule has 0 spiro atoms. The molecule has 21 heavy (non-hydrogen) atoms. The van der Waals surface area contributed by atoms with Gasteiger partial charge >= 0.3 is 0 Å². The van der Waals surface area contributed by atoms with Gasteiger partial charge in [-0.3, -0.25) is 4.90 Å². The van der Waals surface area contributed by atoms with Crippen LogP contribution in [0.1, 0.15) is 43.0 Å². The molecule has 1 saturated heterocycles. The van der Waals surface area contributed by atoms with Crippen molar-refractivity contribution >= 4 is 0 Å². The minimum atomic E-state index is 0.122. The van der Waals surface area contributed by atoms with Crippen LogP contribution in [0.4, 0.5) is 0 Å². The highest BCUT2D eigenvalue weighted by atomic mass is 15.2. The van der Waals surface area contributed by atoms with Gasteiger partial charge in [0.05, 0.1) is 6.04 Å².